The molecular formula is C26H29N3O3S. The van der Waals surface area contributed by atoms with E-state index in [1.165, 1.54) is 11.1 Å². The van der Waals surface area contributed by atoms with Crippen molar-refractivity contribution in [1.29, 1.82) is 0 Å². The first-order chi connectivity index (χ1) is 16.3. The predicted octanol–water partition coefficient (Wildman–Crippen LogP) is 4.96. The highest BCUT2D eigenvalue weighted by Crippen LogP contribution is 2.39. The number of amides is 1. The lowest BCUT2D eigenvalue weighted by Crippen LogP contribution is -2.43. The normalized spacial score (nSPS) is 23.2. The summed E-state index contributed by atoms with van der Waals surface area (Å²) < 4.78 is 12.7. The Morgan fingerprint density at radius 1 is 0.970 bits per heavy atom. The number of likely N-dealkylation sites (tertiary alicyclic amines) is 2. The Labute approximate surface area is 198 Å². The summed E-state index contributed by atoms with van der Waals surface area (Å²) in [6.07, 6.45) is 5.42. The number of piperidine rings is 1. The number of carbonyl (C=O) groups is 1. The highest BCUT2D eigenvalue weighted by molar-refractivity contribution is 7.18. The fourth-order valence-corrected chi connectivity index (χ4v) is 6.57. The van der Waals surface area contributed by atoms with Gasteiger partial charge in [-0.1, -0.05) is 24.6 Å². The van der Waals surface area contributed by atoms with Crippen LogP contribution in [0.25, 0.3) is 10.2 Å². The number of aromatic nitrogens is 1. The maximum Gasteiger partial charge on any atom is 0.237 e. The number of hydrogen-bond donors (Lipinski definition) is 0. The summed E-state index contributed by atoms with van der Waals surface area (Å²) in [5.41, 5.74) is 2.21. The number of rotatable bonds is 4. The minimum Gasteiger partial charge on any atom is -0.486 e. The van der Waals surface area contributed by atoms with Gasteiger partial charge in [0.05, 0.1) is 28.8 Å². The number of para-hydroxylation sites is 1. The summed E-state index contributed by atoms with van der Waals surface area (Å²) >= 11 is 1.77. The van der Waals surface area contributed by atoms with Crippen molar-refractivity contribution in [2.75, 3.05) is 32.8 Å². The molecule has 7 heteroatoms. The molecule has 6 rings (SSSR count). The molecule has 0 N–H and O–H groups in total. The standard InChI is InChI=1S/C26H29N3O3S/c30-25(29-13-5-8-20(29)18-10-11-22-23(16-18)32-15-14-31-22)17-28-12-4-3-7-21(28)26-27-19-6-1-2-9-24(19)33-26/h1-2,6,9-11,16,20-21H,3-5,7-8,12-15,17H2/t20-,21+/m1/s1. The summed E-state index contributed by atoms with van der Waals surface area (Å²) in [5.74, 6) is 1.82. The van der Waals surface area contributed by atoms with Crippen LogP contribution in [-0.4, -0.2) is 53.5 Å². The van der Waals surface area contributed by atoms with Gasteiger partial charge in [-0.05, 0) is 62.1 Å². The van der Waals surface area contributed by atoms with E-state index in [9.17, 15) is 4.79 Å². The van der Waals surface area contributed by atoms with Crippen molar-refractivity contribution in [1.82, 2.24) is 14.8 Å². The van der Waals surface area contributed by atoms with Gasteiger partial charge in [-0.2, -0.15) is 0 Å². The Bertz CT molecular complexity index is 1130. The van der Waals surface area contributed by atoms with Gasteiger partial charge in [0, 0.05) is 6.54 Å². The highest BCUT2D eigenvalue weighted by atomic mass is 32.1. The summed E-state index contributed by atoms with van der Waals surface area (Å²) in [6.45, 7) is 3.39. The van der Waals surface area contributed by atoms with Gasteiger partial charge < -0.3 is 14.4 Å². The number of nitrogens with zero attached hydrogens (tertiary/aromatic N) is 3. The Balaban J connectivity index is 1.20. The number of thiazole rings is 1. The third kappa shape index (κ3) is 4.08. The van der Waals surface area contributed by atoms with E-state index in [0.29, 0.717) is 19.8 Å². The lowest BCUT2D eigenvalue weighted by Gasteiger charge is -2.36. The second-order valence-corrected chi connectivity index (χ2v) is 10.2. The highest BCUT2D eigenvalue weighted by Gasteiger charge is 2.34. The van der Waals surface area contributed by atoms with Gasteiger partial charge in [0.25, 0.3) is 0 Å². The molecule has 0 spiro atoms. The topological polar surface area (TPSA) is 54.9 Å². The maximum absolute atomic E-state index is 13.5. The lowest BCUT2D eigenvalue weighted by molar-refractivity contribution is -0.134. The van der Waals surface area contributed by atoms with Crippen molar-refractivity contribution in [3.63, 3.8) is 0 Å². The van der Waals surface area contributed by atoms with E-state index in [4.69, 9.17) is 14.5 Å². The van der Waals surface area contributed by atoms with Crippen LogP contribution in [0.4, 0.5) is 0 Å². The summed E-state index contributed by atoms with van der Waals surface area (Å²) in [5, 5.41) is 1.15. The Hall–Kier alpha value is -2.64. The van der Waals surface area contributed by atoms with Crippen LogP contribution in [0.15, 0.2) is 42.5 Å². The van der Waals surface area contributed by atoms with Gasteiger partial charge in [0.1, 0.15) is 18.2 Å². The molecule has 4 heterocycles. The second kappa shape index (κ2) is 8.95. The largest absolute Gasteiger partial charge is 0.486 e. The summed E-state index contributed by atoms with van der Waals surface area (Å²) in [6, 6.07) is 14.8. The molecule has 3 aliphatic heterocycles. The van der Waals surface area contributed by atoms with E-state index in [2.05, 4.69) is 40.1 Å². The first kappa shape index (κ1) is 20.9. The maximum atomic E-state index is 13.5. The second-order valence-electron chi connectivity index (χ2n) is 9.15. The molecule has 0 bridgehead atoms. The molecule has 0 aliphatic carbocycles. The van der Waals surface area contributed by atoms with Crippen molar-refractivity contribution in [3.05, 3.63) is 53.0 Å². The molecule has 3 aliphatic rings. The van der Waals surface area contributed by atoms with E-state index in [0.717, 1.165) is 66.4 Å². The predicted molar refractivity (Wildman–Crippen MR) is 129 cm³/mol. The van der Waals surface area contributed by atoms with Gasteiger partial charge in [-0.3, -0.25) is 9.69 Å². The molecule has 172 valence electrons. The number of hydrogen-bond acceptors (Lipinski definition) is 6. The van der Waals surface area contributed by atoms with Gasteiger partial charge in [0.15, 0.2) is 11.5 Å². The van der Waals surface area contributed by atoms with Crippen LogP contribution >= 0.6 is 11.3 Å². The van der Waals surface area contributed by atoms with Crippen LogP contribution in [0, 0.1) is 0 Å². The molecule has 3 aromatic rings. The van der Waals surface area contributed by atoms with Crippen LogP contribution in [0.2, 0.25) is 0 Å². The van der Waals surface area contributed by atoms with Crippen molar-refractivity contribution in [2.45, 2.75) is 44.2 Å². The van der Waals surface area contributed by atoms with Gasteiger partial charge in [0.2, 0.25) is 5.91 Å². The minimum absolute atomic E-state index is 0.110. The van der Waals surface area contributed by atoms with Crippen LogP contribution in [0.5, 0.6) is 11.5 Å². The monoisotopic (exact) mass is 463 g/mol. The molecule has 0 radical (unpaired) electrons. The zero-order valence-corrected chi connectivity index (χ0v) is 19.6. The third-order valence-electron chi connectivity index (χ3n) is 7.07. The molecule has 33 heavy (non-hydrogen) atoms. The van der Waals surface area contributed by atoms with Crippen molar-refractivity contribution in [3.8, 4) is 11.5 Å². The Kier molecular flexibility index (Phi) is 5.68. The van der Waals surface area contributed by atoms with E-state index in [-0.39, 0.29) is 18.0 Å². The van der Waals surface area contributed by atoms with Crippen LogP contribution in [-0.2, 0) is 4.79 Å². The molecule has 2 fully saturated rings. The fourth-order valence-electron chi connectivity index (χ4n) is 5.44. The van der Waals surface area contributed by atoms with Gasteiger partial charge >= 0.3 is 0 Å². The Morgan fingerprint density at radius 2 is 1.82 bits per heavy atom. The molecule has 0 unspecified atom stereocenters. The van der Waals surface area contributed by atoms with E-state index >= 15 is 0 Å². The quantitative estimate of drug-likeness (QED) is 0.548. The smallest absolute Gasteiger partial charge is 0.237 e. The molecule has 2 atom stereocenters. The van der Waals surface area contributed by atoms with Crippen LogP contribution < -0.4 is 9.47 Å². The van der Waals surface area contributed by atoms with Crippen LogP contribution in [0.3, 0.4) is 0 Å². The SMILES string of the molecule is O=C(CN1CCCC[C@H]1c1nc2ccccc2s1)N1CCC[C@@H]1c1ccc2c(c1)OCCO2. The van der Waals surface area contributed by atoms with E-state index < -0.39 is 0 Å². The van der Waals surface area contributed by atoms with E-state index in [1.807, 2.05) is 12.1 Å². The first-order valence-electron chi connectivity index (χ1n) is 12.0. The Morgan fingerprint density at radius 3 is 2.73 bits per heavy atom. The van der Waals surface area contributed by atoms with Crippen molar-refractivity contribution < 1.29 is 14.3 Å². The van der Waals surface area contributed by atoms with Gasteiger partial charge in [-0.25, -0.2) is 4.98 Å². The molecular weight excluding hydrogens is 434 g/mol. The number of benzene rings is 2. The number of ether oxygens (including phenoxy) is 2. The number of fused-ring (bicyclic) bond motifs is 2. The summed E-state index contributed by atoms with van der Waals surface area (Å²) in [7, 11) is 0. The third-order valence-corrected chi connectivity index (χ3v) is 8.21. The molecule has 6 nitrogen and oxygen atoms in total. The van der Waals surface area contributed by atoms with E-state index in [1.54, 1.807) is 11.3 Å². The molecule has 1 amide bonds. The van der Waals surface area contributed by atoms with Crippen LogP contribution in [0.1, 0.15) is 54.8 Å². The lowest BCUT2D eigenvalue weighted by atomic mass is 10.0. The zero-order chi connectivity index (χ0) is 22.2. The average Bonchev–Trinajstić information content (AvgIpc) is 3.51. The zero-order valence-electron chi connectivity index (χ0n) is 18.7. The van der Waals surface area contributed by atoms with Crippen molar-refractivity contribution >= 4 is 27.5 Å². The molecule has 0 saturated carbocycles. The number of carbonyl (C=O) groups excluding carboxylic acids is 1. The summed E-state index contributed by atoms with van der Waals surface area (Å²) in [4.78, 5) is 22.9. The van der Waals surface area contributed by atoms with Gasteiger partial charge in [-0.15, -0.1) is 11.3 Å². The first-order valence-corrected chi connectivity index (χ1v) is 12.9. The molecule has 2 saturated heterocycles. The average molecular weight is 464 g/mol. The molecule has 1 aromatic heterocycles. The fraction of sp³-hybridized carbons (Fsp3) is 0.462. The van der Waals surface area contributed by atoms with Crippen molar-refractivity contribution in [2.24, 2.45) is 0 Å². The minimum atomic E-state index is 0.110. The molecule has 2 aromatic carbocycles.